The van der Waals surface area contributed by atoms with Gasteiger partial charge in [-0.1, -0.05) is 31.7 Å². The van der Waals surface area contributed by atoms with Crippen molar-refractivity contribution in [1.82, 2.24) is 0 Å². The first kappa shape index (κ1) is 10.4. The minimum Gasteiger partial charge on any atom is -0.500 e. The summed E-state index contributed by atoms with van der Waals surface area (Å²) in [6.45, 7) is 5.56. The van der Waals surface area contributed by atoms with E-state index < -0.39 is 0 Å². The first-order chi connectivity index (χ1) is 6.69. The van der Waals surface area contributed by atoms with E-state index in [9.17, 15) is 4.91 Å². The number of hydrogen-bond acceptors (Lipinski definition) is 3. The SMILES string of the molecule is C=C(N=O)C1=CC=CC(C)C(OC)=C1. The molecule has 1 unspecified atom stereocenters. The van der Waals surface area contributed by atoms with Gasteiger partial charge in [0, 0.05) is 11.5 Å². The minimum absolute atomic E-state index is 0.202. The smallest absolute Gasteiger partial charge is 0.108 e. The van der Waals surface area contributed by atoms with Crippen LogP contribution in [0.25, 0.3) is 0 Å². The summed E-state index contributed by atoms with van der Waals surface area (Å²) in [5.74, 6) is 1.00. The van der Waals surface area contributed by atoms with Crippen LogP contribution in [-0.4, -0.2) is 7.11 Å². The second-order valence-electron chi connectivity index (χ2n) is 3.08. The Morgan fingerprint density at radius 1 is 1.64 bits per heavy atom. The molecule has 1 atom stereocenters. The molecule has 0 heterocycles. The lowest BCUT2D eigenvalue weighted by atomic mass is 10.1. The number of methoxy groups -OCH3 is 1. The Balaban J connectivity index is 3.03. The van der Waals surface area contributed by atoms with Gasteiger partial charge in [0.2, 0.25) is 0 Å². The zero-order valence-corrected chi connectivity index (χ0v) is 8.36. The molecular weight excluding hydrogens is 178 g/mol. The van der Waals surface area contributed by atoms with Crippen molar-refractivity contribution in [2.75, 3.05) is 7.11 Å². The summed E-state index contributed by atoms with van der Waals surface area (Å²) in [6.07, 6.45) is 7.44. The fourth-order valence-electron chi connectivity index (χ4n) is 1.23. The summed E-state index contributed by atoms with van der Waals surface area (Å²) in [5.41, 5.74) is 0.913. The molecule has 74 valence electrons. The van der Waals surface area contributed by atoms with Gasteiger partial charge in [0.25, 0.3) is 0 Å². The van der Waals surface area contributed by atoms with Gasteiger partial charge < -0.3 is 4.74 Å². The maximum Gasteiger partial charge on any atom is 0.108 e. The normalized spacial score (nSPS) is 20.6. The van der Waals surface area contributed by atoms with Crippen LogP contribution < -0.4 is 0 Å². The van der Waals surface area contributed by atoms with Crippen LogP contribution in [0.4, 0.5) is 0 Å². The molecule has 0 amide bonds. The van der Waals surface area contributed by atoms with Gasteiger partial charge in [-0.3, -0.25) is 0 Å². The molecule has 0 aromatic heterocycles. The van der Waals surface area contributed by atoms with E-state index in [0.29, 0.717) is 5.57 Å². The van der Waals surface area contributed by atoms with Crippen LogP contribution in [0.5, 0.6) is 0 Å². The van der Waals surface area contributed by atoms with Crippen LogP contribution >= 0.6 is 0 Å². The number of allylic oxidation sites excluding steroid dienone is 4. The summed E-state index contributed by atoms with van der Waals surface area (Å²) in [6, 6.07) is 0. The van der Waals surface area contributed by atoms with Crippen molar-refractivity contribution >= 4 is 0 Å². The lowest BCUT2D eigenvalue weighted by Crippen LogP contribution is -1.97. The fourth-order valence-corrected chi connectivity index (χ4v) is 1.23. The number of nitrogens with zero attached hydrogens (tertiary/aromatic N) is 1. The molecule has 1 aliphatic rings. The van der Waals surface area contributed by atoms with Gasteiger partial charge in [0.15, 0.2) is 0 Å². The van der Waals surface area contributed by atoms with E-state index in [2.05, 4.69) is 11.8 Å². The fraction of sp³-hybridized carbons (Fsp3) is 0.273. The van der Waals surface area contributed by atoms with Crippen LogP contribution in [0.2, 0.25) is 0 Å². The predicted molar refractivity (Wildman–Crippen MR) is 56.4 cm³/mol. The van der Waals surface area contributed by atoms with E-state index in [1.807, 2.05) is 19.1 Å². The van der Waals surface area contributed by atoms with Crippen molar-refractivity contribution in [2.45, 2.75) is 6.92 Å². The third-order valence-electron chi connectivity index (χ3n) is 2.10. The van der Waals surface area contributed by atoms with Crippen molar-refractivity contribution in [3.05, 3.63) is 52.8 Å². The summed E-state index contributed by atoms with van der Waals surface area (Å²) >= 11 is 0. The standard InChI is InChI=1S/C11H13NO2/c1-8-5-4-6-10(9(2)12-13)7-11(8)14-3/h4-8H,2H2,1,3H3. The topological polar surface area (TPSA) is 38.7 Å². The second kappa shape index (κ2) is 4.56. The molecule has 0 aromatic carbocycles. The Bertz CT molecular complexity index is 337. The molecule has 1 rings (SSSR count). The van der Waals surface area contributed by atoms with E-state index in [1.165, 1.54) is 0 Å². The van der Waals surface area contributed by atoms with Gasteiger partial charge >= 0.3 is 0 Å². The first-order valence-electron chi connectivity index (χ1n) is 4.35. The van der Waals surface area contributed by atoms with Gasteiger partial charge in [-0.15, -0.1) is 4.91 Å². The Hall–Kier alpha value is -1.64. The molecule has 3 nitrogen and oxygen atoms in total. The Morgan fingerprint density at radius 3 is 2.93 bits per heavy atom. The highest BCUT2D eigenvalue weighted by Gasteiger charge is 2.10. The molecule has 0 saturated carbocycles. The molecule has 0 spiro atoms. The van der Waals surface area contributed by atoms with Crippen LogP contribution in [-0.2, 0) is 4.74 Å². The van der Waals surface area contributed by atoms with Gasteiger partial charge in [0.05, 0.1) is 7.11 Å². The molecule has 0 fully saturated rings. The summed E-state index contributed by atoms with van der Waals surface area (Å²) in [7, 11) is 1.61. The Labute approximate surface area is 83.4 Å². The average molecular weight is 191 g/mol. The molecular formula is C11H13NO2. The largest absolute Gasteiger partial charge is 0.500 e. The number of hydrogen-bond donors (Lipinski definition) is 0. The monoisotopic (exact) mass is 191 g/mol. The maximum atomic E-state index is 10.3. The van der Waals surface area contributed by atoms with Crippen molar-refractivity contribution < 1.29 is 4.74 Å². The molecule has 0 bridgehead atoms. The third-order valence-corrected chi connectivity index (χ3v) is 2.10. The third kappa shape index (κ3) is 2.19. The van der Waals surface area contributed by atoms with E-state index in [1.54, 1.807) is 19.3 Å². The van der Waals surface area contributed by atoms with Gasteiger partial charge in [-0.25, -0.2) is 0 Å². The van der Waals surface area contributed by atoms with Gasteiger partial charge in [-0.05, 0) is 11.3 Å². The second-order valence-corrected chi connectivity index (χ2v) is 3.08. The molecule has 0 radical (unpaired) electrons. The van der Waals surface area contributed by atoms with E-state index >= 15 is 0 Å². The summed E-state index contributed by atoms with van der Waals surface area (Å²) in [4.78, 5) is 10.3. The summed E-state index contributed by atoms with van der Waals surface area (Å²) in [5, 5.41) is 2.80. The van der Waals surface area contributed by atoms with Crippen LogP contribution in [0.3, 0.4) is 0 Å². The quantitative estimate of drug-likeness (QED) is 0.643. The zero-order chi connectivity index (χ0) is 10.6. The molecule has 0 saturated heterocycles. The number of ether oxygens (including phenoxy) is 1. The van der Waals surface area contributed by atoms with E-state index in [0.717, 1.165) is 5.76 Å². The highest BCUT2D eigenvalue weighted by molar-refractivity contribution is 5.43. The van der Waals surface area contributed by atoms with Gasteiger partial charge in [-0.2, -0.15) is 0 Å². The van der Waals surface area contributed by atoms with E-state index in [4.69, 9.17) is 4.74 Å². The number of nitroso groups, excluding NO2 is 1. The van der Waals surface area contributed by atoms with Crippen LogP contribution in [0.15, 0.2) is 53.1 Å². The van der Waals surface area contributed by atoms with Crippen LogP contribution in [0, 0.1) is 10.8 Å². The van der Waals surface area contributed by atoms with E-state index in [-0.39, 0.29) is 11.6 Å². The Kier molecular flexibility index (Phi) is 3.40. The zero-order valence-electron chi connectivity index (χ0n) is 8.36. The highest BCUT2D eigenvalue weighted by Crippen LogP contribution is 2.22. The minimum atomic E-state index is 0.202. The lowest BCUT2D eigenvalue weighted by molar-refractivity contribution is 0.262. The number of rotatable bonds is 3. The first-order valence-corrected chi connectivity index (χ1v) is 4.35. The summed E-state index contributed by atoms with van der Waals surface area (Å²) < 4.78 is 5.19. The van der Waals surface area contributed by atoms with Crippen LogP contribution in [0.1, 0.15) is 6.92 Å². The molecule has 1 aliphatic carbocycles. The predicted octanol–water partition coefficient (Wildman–Crippen LogP) is 2.93. The van der Waals surface area contributed by atoms with Crippen molar-refractivity contribution in [2.24, 2.45) is 11.1 Å². The average Bonchev–Trinajstić information content (AvgIpc) is 2.39. The molecule has 3 heteroatoms. The van der Waals surface area contributed by atoms with Gasteiger partial charge in [0.1, 0.15) is 11.5 Å². The van der Waals surface area contributed by atoms with Crippen molar-refractivity contribution in [1.29, 1.82) is 0 Å². The molecule has 0 aliphatic heterocycles. The molecule has 0 N–H and O–H groups in total. The maximum absolute atomic E-state index is 10.3. The Morgan fingerprint density at radius 2 is 2.36 bits per heavy atom. The highest BCUT2D eigenvalue weighted by atomic mass is 16.5. The molecule has 14 heavy (non-hydrogen) atoms. The lowest BCUT2D eigenvalue weighted by Gasteiger charge is -2.09. The van der Waals surface area contributed by atoms with Crippen molar-refractivity contribution in [3.8, 4) is 0 Å². The molecule has 0 aromatic rings. The van der Waals surface area contributed by atoms with Crippen molar-refractivity contribution in [3.63, 3.8) is 0 Å².